The van der Waals surface area contributed by atoms with Crippen molar-refractivity contribution < 1.29 is 17.4 Å². The van der Waals surface area contributed by atoms with Crippen molar-refractivity contribution in [3.63, 3.8) is 0 Å². The molecule has 0 aliphatic carbocycles. The summed E-state index contributed by atoms with van der Waals surface area (Å²) in [6.45, 7) is 1.96. The molecule has 1 amide bonds. The molecule has 1 fully saturated rings. The zero-order chi connectivity index (χ0) is 18.9. The Bertz CT molecular complexity index is 1010. The first-order valence-corrected chi connectivity index (χ1v) is 10.6. The number of anilines is 1. The lowest BCUT2D eigenvalue weighted by atomic mass is 10.2. The number of para-hydroxylation sites is 1. The molecule has 8 heteroatoms. The third-order valence-corrected chi connectivity index (χ3v) is 5.32. The fourth-order valence-corrected chi connectivity index (χ4v) is 4.13. The topological polar surface area (TPSA) is 63.7 Å². The Hall–Kier alpha value is -2.16. The minimum absolute atomic E-state index is 0.163. The number of benzene rings is 2. The summed E-state index contributed by atoms with van der Waals surface area (Å²) in [6, 6.07) is 14.1. The Labute approximate surface area is 161 Å². The average molecular weight is 406 g/mol. The number of hydrogen-bond acceptors (Lipinski definition) is 6. The van der Waals surface area contributed by atoms with Gasteiger partial charge < -0.3 is 4.18 Å². The number of rotatable bonds is 4. The molecule has 1 heterocycles. The average Bonchev–Trinajstić information content (AvgIpc) is 2.83. The molecule has 2 aromatic carbocycles. The first-order chi connectivity index (χ1) is 12.2. The van der Waals surface area contributed by atoms with E-state index in [1.807, 2.05) is 31.2 Å². The number of aryl methyl sites for hydroxylation is 1. The van der Waals surface area contributed by atoms with Crippen LogP contribution in [0.1, 0.15) is 11.1 Å². The molecule has 3 rings (SSSR count). The van der Waals surface area contributed by atoms with Gasteiger partial charge in [-0.3, -0.25) is 9.69 Å². The lowest BCUT2D eigenvalue weighted by Crippen LogP contribution is -2.27. The molecule has 0 N–H and O–H groups in total. The van der Waals surface area contributed by atoms with Crippen molar-refractivity contribution in [2.75, 3.05) is 11.2 Å². The fraction of sp³-hybridized carbons (Fsp3) is 0.111. The third kappa shape index (κ3) is 4.14. The lowest BCUT2D eigenvalue weighted by molar-refractivity contribution is -0.113. The molecule has 0 unspecified atom stereocenters. The van der Waals surface area contributed by atoms with Crippen molar-refractivity contribution in [2.24, 2.45) is 0 Å². The van der Waals surface area contributed by atoms with E-state index in [2.05, 4.69) is 0 Å². The Kier molecular flexibility index (Phi) is 5.17. The van der Waals surface area contributed by atoms with Crippen LogP contribution in [0.3, 0.4) is 0 Å². The molecule has 1 saturated heterocycles. The van der Waals surface area contributed by atoms with Gasteiger partial charge in [-0.2, -0.15) is 8.42 Å². The first-order valence-electron chi connectivity index (χ1n) is 7.58. The highest BCUT2D eigenvalue weighted by atomic mass is 32.2. The molecule has 134 valence electrons. The SMILES string of the molecule is Cc1ccc(N2C(=O)/C(=C\c3ccccc3OS(C)(=O)=O)SC2=S)cc1. The lowest BCUT2D eigenvalue weighted by Gasteiger charge is -2.14. The molecule has 1 aliphatic rings. The highest BCUT2D eigenvalue weighted by Gasteiger charge is 2.33. The summed E-state index contributed by atoms with van der Waals surface area (Å²) >= 11 is 6.51. The predicted molar refractivity (Wildman–Crippen MR) is 109 cm³/mol. The van der Waals surface area contributed by atoms with Crippen LogP contribution in [0.4, 0.5) is 5.69 Å². The van der Waals surface area contributed by atoms with E-state index in [-0.39, 0.29) is 11.7 Å². The minimum Gasteiger partial charge on any atom is -0.382 e. The second-order valence-corrected chi connectivity index (χ2v) is 8.93. The maximum Gasteiger partial charge on any atom is 0.306 e. The van der Waals surface area contributed by atoms with Gasteiger partial charge in [-0.15, -0.1) is 0 Å². The molecule has 0 bridgehead atoms. The summed E-state index contributed by atoms with van der Waals surface area (Å²) in [6.07, 6.45) is 2.56. The summed E-state index contributed by atoms with van der Waals surface area (Å²) in [7, 11) is -3.67. The Morgan fingerprint density at radius 3 is 2.42 bits per heavy atom. The van der Waals surface area contributed by atoms with Crippen molar-refractivity contribution in [3.05, 3.63) is 64.6 Å². The second kappa shape index (κ2) is 7.22. The molecule has 0 atom stereocenters. The van der Waals surface area contributed by atoms with Gasteiger partial charge in [0, 0.05) is 5.56 Å². The van der Waals surface area contributed by atoms with E-state index in [4.69, 9.17) is 16.4 Å². The van der Waals surface area contributed by atoms with Crippen LogP contribution in [0.2, 0.25) is 0 Å². The maximum absolute atomic E-state index is 12.8. The normalized spacial score (nSPS) is 16.4. The van der Waals surface area contributed by atoms with Crippen molar-refractivity contribution in [2.45, 2.75) is 6.92 Å². The van der Waals surface area contributed by atoms with Gasteiger partial charge in [-0.25, -0.2) is 0 Å². The molecular formula is C18H15NO4S3. The third-order valence-electron chi connectivity index (χ3n) is 3.53. The van der Waals surface area contributed by atoms with E-state index in [1.54, 1.807) is 24.3 Å². The number of amides is 1. The van der Waals surface area contributed by atoms with Crippen LogP contribution < -0.4 is 9.08 Å². The van der Waals surface area contributed by atoms with Crippen molar-refractivity contribution >= 4 is 56.1 Å². The minimum atomic E-state index is -3.67. The van der Waals surface area contributed by atoms with E-state index in [1.165, 1.54) is 22.7 Å². The zero-order valence-corrected chi connectivity index (χ0v) is 16.5. The van der Waals surface area contributed by atoms with E-state index in [9.17, 15) is 13.2 Å². The highest BCUT2D eigenvalue weighted by molar-refractivity contribution is 8.27. The smallest absolute Gasteiger partial charge is 0.306 e. The van der Waals surface area contributed by atoms with Crippen molar-refractivity contribution in [3.8, 4) is 5.75 Å². The number of thiocarbonyl (C=S) groups is 1. The van der Waals surface area contributed by atoms with E-state index in [0.717, 1.165) is 11.8 Å². The molecular weight excluding hydrogens is 390 g/mol. The summed E-state index contributed by atoms with van der Waals surface area (Å²) in [5, 5.41) is 0. The summed E-state index contributed by atoms with van der Waals surface area (Å²) in [4.78, 5) is 14.7. The van der Waals surface area contributed by atoms with Crippen LogP contribution in [-0.2, 0) is 14.9 Å². The number of carbonyl (C=O) groups excluding carboxylic acids is 1. The van der Waals surface area contributed by atoms with Crippen LogP contribution in [0, 0.1) is 6.92 Å². The summed E-state index contributed by atoms with van der Waals surface area (Å²) < 4.78 is 28.3. The maximum atomic E-state index is 12.8. The van der Waals surface area contributed by atoms with Gasteiger partial charge in [0.1, 0.15) is 5.75 Å². The van der Waals surface area contributed by atoms with Crippen molar-refractivity contribution in [1.82, 2.24) is 0 Å². The monoisotopic (exact) mass is 405 g/mol. The van der Waals surface area contributed by atoms with Crippen LogP contribution in [0.25, 0.3) is 6.08 Å². The molecule has 0 spiro atoms. The molecule has 26 heavy (non-hydrogen) atoms. The Balaban J connectivity index is 1.95. The molecule has 1 aliphatic heterocycles. The molecule has 0 saturated carbocycles. The van der Waals surface area contributed by atoms with Gasteiger partial charge in [-0.1, -0.05) is 59.9 Å². The number of hydrogen-bond donors (Lipinski definition) is 0. The van der Waals surface area contributed by atoms with Crippen LogP contribution >= 0.6 is 24.0 Å². The molecule has 2 aromatic rings. The fourth-order valence-electron chi connectivity index (χ4n) is 2.36. The number of nitrogens with zero attached hydrogens (tertiary/aromatic N) is 1. The Morgan fingerprint density at radius 1 is 1.12 bits per heavy atom. The van der Waals surface area contributed by atoms with Crippen LogP contribution in [0.5, 0.6) is 5.75 Å². The zero-order valence-electron chi connectivity index (χ0n) is 14.0. The van der Waals surface area contributed by atoms with Gasteiger partial charge in [0.2, 0.25) is 0 Å². The van der Waals surface area contributed by atoms with E-state index >= 15 is 0 Å². The van der Waals surface area contributed by atoms with Gasteiger partial charge in [0.15, 0.2) is 4.32 Å². The Morgan fingerprint density at radius 2 is 1.77 bits per heavy atom. The molecule has 0 aromatic heterocycles. The van der Waals surface area contributed by atoms with Crippen LogP contribution in [-0.4, -0.2) is 24.9 Å². The summed E-state index contributed by atoms with van der Waals surface area (Å²) in [5.74, 6) is -0.0892. The van der Waals surface area contributed by atoms with Gasteiger partial charge in [0.05, 0.1) is 16.8 Å². The molecule has 5 nitrogen and oxygen atoms in total. The van der Waals surface area contributed by atoms with Gasteiger partial charge >= 0.3 is 10.1 Å². The first kappa shape index (κ1) is 18.6. The molecule has 0 radical (unpaired) electrons. The van der Waals surface area contributed by atoms with Gasteiger partial charge in [0.25, 0.3) is 5.91 Å². The largest absolute Gasteiger partial charge is 0.382 e. The highest BCUT2D eigenvalue weighted by Crippen LogP contribution is 2.37. The van der Waals surface area contributed by atoms with E-state index in [0.29, 0.717) is 20.5 Å². The van der Waals surface area contributed by atoms with Crippen LogP contribution in [0.15, 0.2) is 53.4 Å². The van der Waals surface area contributed by atoms with Crippen molar-refractivity contribution in [1.29, 1.82) is 0 Å². The number of carbonyl (C=O) groups is 1. The predicted octanol–water partition coefficient (Wildman–Crippen LogP) is 3.74. The van der Waals surface area contributed by atoms with E-state index < -0.39 is 10.1 Å². The standard InChI is InChI=1S/C18H15NO4S3/c1-12-7-9-14(10-8-12)19-17(20)16(25-18(19)24)11-13-5-3-4-6-15(13)23-26(2,21)22/h3-11H,1-2H3/b16-11+. The summed E-state index contributed by atoms with van der Waals surface area (Å²) in [5.41, 5.74) is 2.27. The quantitative estimate of drug-likeness (QED) is 0.439. The van der Waals surface area contributed by atoms with Gasteiger partial charge in [-0.05, 0) is 31.2 Å². The number of thioether (sulfide) groups is 1. The second-order valence-electron chi connectivity index (χ2n) is 5.68.